The molecular weight excluding hydrogens is 440 g/mol. The van der Waals surface area contributed by atoms with E-state index in [0.717, 1.165) is 22.3 Å². The minimum Gasteiger partial charge on any atom is -0.496 e. The predicted molar refractivity (Wildman–Crippen MR) is 127 cm³/mol. The van der Waals surface area contributed by atoms with E-state index in [0.29, 0.717) is 30.1 Å². The summed E-state index contributed by atoms with van der Waals surface area (Å²) in [5.41, 5.74) is 10.2. The summed E-state index contributed by atoms with van der Waals surface area (Å²) in [6.45, 7) is 4.47. The van der Waals surface area contributed by atoms with Crippen LogP contribution in [0.2, 0.25) is 0 Å². The summed E-state index contributed by atoms with van der Waals surface area (Å²) in [6.07, 6.45) is 7.05. The lowest BCUT2D eigenvalue weighted by molar-refractivity contribution is -0.127. The van der Waals surface area contributed by atoms with Crippen molar-refractivity contribution < 1.29 is 14.3 Å². The van der Waals surface area contributed by atoms with Crippen molar-refractivity contribution in [3.8, 4) is 11.1 Å². The van der Waals surface area contributed by atoms with E-state index in [9.17, 15) is 9.59 Å². The number of methoxy groups -OCH3 is 1. The van der Waals surface area contributed by atoms with Crippen LogP contribution in [-0.2, 0) is 22.5 Å². The number of rotatable bonds is 5. The molecule has 0 atom stereocenters. The number of carbonyl (C=O) groups excluding carboxylic acids is 2. The maximum Gasteiger partial charge on any atom is 0.295 e. The monoisotopic (exact) mass is 462 g/mol. The zero-order valence-corrected chi connectivity index (χ0v) is 18.9. The molecule has 33 heavy (non-hydrogen) atoms. The van der Waals surface area contributed by atoms with Crippen molar-refractivity contribution in [2.75, 3.05) is 13.7 Å². The van der Waals surface area contributed by atoms with Crippen molar-refractivity contribution >= 4 is 34.2 Å². The molecule has 0 saturated heterocycles. The fourth-order valence-electron chi connectivity index (χ4n) is 4.17. The molecule has 0 unspecified atom stereocenters. The van der Waals surface area contributed by atoms with Gasteiger partial charge >= 0.3 is 0 Å². The molecule has 1 aliphatic heterocycles. The minimum atomic E-state index is -0.673. The summed E-state index contributed by atoms with van der Waals surface area (Å²) >= 11 is 5.98. The van der Waals surface area contributed by atoms with Crippen molar-refractivity contribution in [1.29, 1.82) is 0 Å². The Labute approximate surface area is 195 Å². The van der Waals surface area contributed by atoms with Gasteiger partial charge in [-0.15, -0.1) is 0 Å². The summed E-state index contributed by atoms with van der Waals surface area (Å²) in [5, 5.41) is 0.562. The summed E-state index contributed by atoms with van der Waals surface area (Å²) in [7, 11) is 1.44. The topological polar surface area (TPSA) is 101 Å². The van der Waals surface area contributed by atoms with Crippen molar-refractivity contribution in [2.24, 2.45) is 5.73 Å². The van der Waals surface area contributed by atoms with Crippen LogP contribution in [0.1, 0.15) is 21.5 Å². The SMILES string of the molecule is C=C/C(OC)=c1/c(C(=O)C(=O)N2CCc3c(cccc3-c3cccnc3)C2)c[nH]/c1=C(/N)Cl. The van der Waals surface area contributed by atoms with E-state index in [-0.39, 0.29) is 16.5 Å². The molecule has 0 radical (unpaired) electrons. The number of nitrogens with zero attached hydrogens (tertiary/aromatic N) is 2. The highest BCUT2D eigenvalue weighted by atomic mass is 35.5. The van der Waals surface area contributed by atoms with Crippen LogP contribution < -0.4 is 16.3 Å². The Morgan fingerprint density at radius 1 is 1.30 bits per heavy atom. The molecule has 1 amide bonds. The highest BCUT2D eigenvalue weighted by Crippen LogP contribution is 2.30. The van der Waals surface area contributed by atoms with E-state index >= 15 is 0 Å². The van der Waals surface area contributed by atoms with Gasteiger partial charge in [-0.1, -0.05) is 42.4 Å². The number of aromatic nitrogens is 2. The number of halogens is 1. The number of H-pyrrole nitrogens is 1. The second-order valence-corrected chi connectivity index (χ2v) is 7.97. The van der Waals surface area contributed by atoms with E-state index in [4.69, 9.17) is 22.1 Å². The Hall–Kier alpha value is -3.84. The largest absolute Gasteiger partial charge is 0.496 e. The molecule has 0 spiro atoms. The van der Waals surface area contributed by atoms with Crippen molar-refractivity contribution in [2.45, 2.75) is 13.0 Å². The third-order valence-corrected chi connectivity index (χ3v) is 5.92. The lowest BCUT2D eigenvalue weighted by Gasteiger charge is -2.29. The highest BCUT2D eigenvalue weighted by Gasteiger charge is 2.29. The molecule has 0 fully saturated rings. The first-order chi connectivity index (χ1) is 16.0. The summed E-state index contributed by atoms with van der Waals surface area (Å²) in [6, 6.07) is 9.90. The second-order valence-electron chi connectivity index (χ2n) is 7.56. The lowest BCUT2D eigenvalue weighted by Crippen LogP contribution is -2.42. The number of hydrogen-bond acceptors (Lipinski definition) is 5. The zero-order chi connectivity index (χ0) is 23.5. The molecule has 2 aromatic heterocycles. The first-order valence-corrected chi connectivity index (χ1v) is 10.7. The van der Waals surface area contributed by atoms with Crippen LogP contribution in [-0.4, -0.2) is 40.2 Å². The Bertz CT molecular complexity index is 1360. The quantitative estimate of drug-likeness (QED) is 0.343. The van der Waals surface area contributed by atoms with Crippen molar-refractivity contribution in [3.05, 3.63) is 88.8 Å². The van der Waals surface area contributed by atoms with Crippen LogP contribution in [0, 0.1) is 0 Å². The van der Waals surface area contributed by atoms with Crippen LogP contribution >= 0.6 is 11.6 Å². The molecule has 3 aromatic rings. The fraction of sp³-hybridized carbons (Fsp3) is 0.160. The van der Waals surface area contributed by atoms with Gasteiger partial charge in [0.15, 0.2) is 0 Å². The smallest absolute Gasteiger partial charge is 0.295 e. The normalized spacial score (nSPS) is 14.8. The number of nitrogens with two attached hydrogens (primary N) is 1. The van der Waals surface area contributed by atoms with Gasteiger partial charge in [0.05, 0.1) is 23.2 Å². The molecule has 7 nitrogen and oxygen atoms in total. The molecule has 0 aliphatic carbocycles. The molecular formula is C25H23ClN4O3. The highest BCUT2D eigenvalue weighted by molar-refractivity contribution is 6.44. The number of fused-ring (bicyclic) bond motifs is 1. The predicted octanol–water partition coefficient (Wildman–Crippen LogP) is 2.05. The number of nitrogens with one attached hydrogen (secondary N) is 1. The average molecular weight is 463 g/mol. The standard InChI is InChI=1S/C25H23ClN4O3/c1-3-20(33-2)21-19(13-29-22(21)24(26)27)23(31)25(32)30-11-9-18-16(14-30)6-4-8-17(18)15-7-5-10-28-12-15/h3-8,10,12-13,29H,1,9,11,14,27H2,2H3/b21-20+,24-22+. The second kappa shape index (κ2) is 9.34. The molecule has 3 heterocycles. The molecule has 3 N–H and O–H groups in total. The number of ether oxygens (including phenoxy) is 1. The molecule has 0 saturated carbocycles. The van der Waals surface area contributed by atoms with Gasteiger partial charge < -0.3 is 20.4 Å². The molecule has 1 aromatic carbocycles. The summed E-state index contributed by atoms with van der Waals surface area (Å²) < 4.78 is 5.32. The number of carbonyl (C=O) groups is 2. The Morgan fingerprint density at radius 2 is 2.12 bits per heavy atom. The maximum atomic E-state index is 13.2. The van der Waals surface area contributed by atoms with Gasteiger partial charge in [-0.05, 0) is 35.3 Å². The third-order valence-electron chi connectivity index (χ3n) is 5.74. The van der Waals surface area contributed by atoms with E-state index in [1.807, 2.05) is 30.5 Å². The Kier molecular flexibility index (Phi) is 6.33. The van der Waals surface area contributed by atoms with Crippen LogP contribution in [0.15, 0.2) is 61.6 Å². The fourth-order valence-corrected chi connectivity index (χ4v) is 4.32. The van der Waals surface area contributed by atoms with Gasteiger partial charge in [0.25, 0.3) is 11.7 Å². The first kappa shape index (κ1) is 22.4. The van der Waals surface area contributed by atoms with E-state index in [1.165, 1.54) is 19.4 Å². The number of ketones is 1. The zero-order valence-electron chi connectivity index (χ0n) is 18.1. The van der Waals surface area contributed by atoms with Gasteiger partial charge in [-0.25, -0.2) is 0 Å². The number of Topliss-reactive ketones (excluding diaryl/α,β-unsaturated/α-hetero) is 1. The van der Waals surface area contributed by atoms with Gasteiger partial charge in [-0.3, -0.25) is 14.6 Å². The summed E-state index contributed by atoms with van der Waals surface area (Å²) in [5.74, 6) is -0.989. The molecule has 1 aliphatic rings. The molecule has 0 bridgehead atoms. The Balaban J connectivity index is 1.68. The van der Waals surface area contributed by atoms with Crippen LogP contribution in [0.4, 0.5) is 0 Å². The molecule has 4 rings (SSSR count). The molecule has 8 heteroatoms. The van der Waals surface area contributed by atoms with Gasteiger partial charge in [-0.2, -0.15) is 0 Å². The maximum absolute atomic E-state index is 13.2. The molecule has 168 valence electrons. The van der Waals surface area contributed by atoms with Crippen molar-refractivity contribution in [1.82, 2.24) is 14.9 Å². The van der Waals surface area contributed by atoms with Crippen LogP contribution in [0.3, 0.4) is 0 Å². The van der Waals surface area contributed by atoms with Crippen molar-refractivity contribution in [3.63, 3.8) is 0 Å². The number of pyridine rings is 1. The van der Waals surface area contributed by atoms with E-state index in [2.05, 4.69) is 22.6 Å². The Morgan fingerprint density at radius 3 is 2.79 bits per heavy atom. The van der Waals surface area contributed by atoms with E-state index < -0.39 is 11.7 Å². The average Bonchev–Trinajstić information content (AvgIpc) is 3.29. The van der Waals surface area contributed by atoms with Gasteiger partial charge in [0, 0.05) is 37.2 Å². The third kappa shape index (κ3) is 4.15. The lowest BCUT2D eigenvalue weighted by atomic mass is 9.91. The number of amides is 1. The number of hydrogen-bond donors (Lipinski definition) is 2. The van der Waals surface area contributed by atoms with Crippen LogP contribution in [0.5, 0.6) is 0 Å². The van der Waals surface area contributed by atoms with E-state index in [1.54, 1.807) is 11.1 Å². The first-order valence-electron chi connectivity index (χ1n) is 10.3. The number of aromatic amines is 1. The van der Waals surface area contributed by atoms with Crippen LogP contribution in [0.25, 0.3) is 22.0 Å². The minimum absolute atomic E-state index is 0.0530. The summed E-state index contributed by atoms with van der Waals surface area (Å²) in [4.78, 5) is 35.1. The number of benzene rings is 1. The van der Waals surface area contributed by atoms with Gasteiger partial charge in [0.1, 0.15) is 10.9 Å². The van der Waals surface area contributed by atoms with Gasteiger partial charge in [0.2, 0.25) is 0 Å².